The molecule has 1 heterocycles. The molecule has 21 heavy (non-hydrogen) atoms. The standard InChI is InChI=1S/C19H18BrN/c1-3-5-8-15(4-2)21-18-10-7-6-9-16(18)17-13-14(20)11-12-19(17)21/h3,5-13H,4H2,1-2H3. The zero-order valence-corrected chi connectivity index (χ0v) is 13.9. The van der Waals surface area contributed by atoms with E-state index in [0.29, 0.717) is 0 Å². The lowest BCUT2D eigenvalue weighted by Crippen LogP contribution is -1.95. The fourth-order valence-corrected chi connectivity index (χ4v) is 3.17. The summed E-state index contributed by atoms with van der Waals surface area (Å²) in [4.78, 5) is 0. The van der Waals surface area contributed by atoms with E-state index in [0.717, 1.165) is 10.9 Å². The molecule has 106 valence electrons. The topological polar surface area (TPSA) is 4.93 Å². The average molecular weight is 340 g/mol. The highest BCUT2D eigenvalue weighted by Gasteiger charge is 2.12. The van der Waals surface area contributed by atoms with Gasteiger partial charge < -0.3 is 4.57 Å². The van der Waals surface area contributed by atoms with Gasteiger partial charge in [-0.15, -0.1) is 0 Å². The molecule has 0 N–H and O–H groups in total. The summed E-state index contributed by atoms with van der Waals surface area (Å²) >= 11 is 3.59. The molecular formula is C19H18BrN. The lowest BCUT2D eigenvalue weighted by Gasteiger charge is -2.10. The number of rotatable bonds is 3. The van der Waals surface area contributed by atoms with Crippen molar-refractivity contribution in [1.82, 2.24) is 4.57 Å². The largest absolute Gasteiger partial charge is 0.313 e. The second kappa shape index (κ2) is 5.90. The van der Waals surface area contributed by atoms with Crippen LogP contribution in [0.15, 0.2) is 65.2 Å². The average Bonchev–Trinajstić information content (AvgIpc) is 2.83. The Morgan fingerprint density at radius 1 is 1.10 bits per heavy atom. The van der Waals surface area contributed by atoms with E-state index in [1.807, 2.05) is 6.92 Å². The Balaban J connectivity index is 2.43. The Kier molecular flexibility index (Phi) is 3.98. The van der Waals surface area contributed by atoms with Gasteiger partial charge in [-0.2, -0.15) is 0 Å². The van der Waals surface area contributed by atoms with Crippen molar-refractivity contribution in [3.8, 4) is 0 Å². The Morgan fingerprint density at radius 2 is 1.86 bits per heavy atom. The third-order valence-electron chi connectivity index (χ3n) is 3.77. The molecular weight excluding hydrogens is 322 g/mol. The van der Waals surface area contributed by atoms with Crippen LogP contribution < -0.4 is 0 Å². The second-order valence-corrected chi connectivity index (χ2v) is 5.97. The fraction of sp³-hybridized carbons (Fsp3) is 0.158. The lowest BCUT2D eigenvalue weighted by atomic mass is 10.2. The van der Waals surface area contributed by atoms with Gasteiger partial charge in [-0.1, -0.05) is 53.2 Å². The molecule has 2 heteroatoms. The van der Waals surface area contributed by atoms with Crippen LogP contribution >= 0.6 is 15.9 Å². The van der Waals surface area contributed by atoms with Crippen molar-refractivity contribution < 1.29 is 0 Å². The quantitative estimate of drug-likeness (QED) is 0.487. The van der Waals surface area contributed by atoms with Gasteiger partial charge in [-0.05, 0) is 43.7 Å². The highest BCUT2D eigenvalue weighted by atomic mass is 79.9. The van der Waals surface area contributed by atoms with Crippen LogP contribution in [0.3, 0.4) is 0 Å². The predicted molar refractivity (Wildman–Crippen MR) is 96.5 cm³/mol. The first-order valence-electron chi connectivity index (χ1n) is 7.27. The predicted octanol–water partition coefficient (Wildman–Crippen LogP) is 6.38. The molecule has 0 aliphatic carbocycles. The van der Waals surface area contributed by atoms with Gasteiger partial charge in [0.2, 0.25) is 0 Å². The highest BCUT2D eigenvalue weighted by molar-refractivity contribution is 9.10. The third kappa shape index (κ3) is 2.44. The number of para-hydroxylation sites is 1. The minimum absolute atomic E-state index is 0.994. The molecule has 0 amide bonds. The maximum Gasteiger partial charge on any atom is 0.0538 e. The molecule has 0 spiro atoms. The van der Waals surface area contributed by atoms with Crippen molar-refractivity contribution in [2.75, 3.05) is 0 Å². The Morgan fingerprint density at radius 3 is 2.62 bits per heavy atom. The van der Waals surface area contributed by atoms with E-state index in [1.54, 1.807) is 0 Å². The molecule has 1 aromatic heterocycles. The number of hydrogen-bond donors (Lipinski definition) is 0. The monoisotopic (exact) mass is 339 g/mol. The van der Waals surface area contributed by atoms with Crippen LogP contribution in [-0.2, 0) is 0 Å². The normalized spacial score (nSPS) is 12.8. The number of nitrogens with zero attached hydrogens (tertiary/aromatic N) is 1. The van der Waals surface area contributed by atoms with Gasteiger partial charge in [0.1, 0.15) is 0 Å². The highest BCUT2D eigenvalue weighted by Crippen LogP contribution is 2.34. The van der Waals surface area contributed by atoms with Gasteiger partial charge in [-0.3, -0.25) is 0 Å². The first kappa shape index (κ1) is 14.2. The summed E-state index contributed by atoms with van der Waals surface area (Å²) in [6, 6.07) is 15.1. The number of halogens is 1. The SMILES string of the molecule is CC=CC=C(CC)n1c2ccccc2c2cc(Br)ccc21. The number of aromatic nitrogens is 1. The zero-order chi connectivity index (χ0) is 14.8. The van der Waals surface area contributed by atoms with Crippen LogP contribution in [0.1, 0.15) is 20.3 Å². The first-order chi connectivity index (χ1) is 10.3. The van der Waals surface area contributed by atoms with Crippen molar-refractivity contribution in [2.45, 2.75) is 20.3 Å². The van der Waals surface area contributed by atoms with Crippen molar-refractivity contribution in [2.24, 2.45) is 0 Å². The molecule has 0 unspecified atom stereocenters. The fourth-order valence-electron chi connectivity index (χ4n) is 2.81. The summed E-state index contributed by atoms with van der Waals surface area (Å²) in [5, 5.41) is 2.59. The molecule has 0 radical (unpaired) electrons. The van der Waals surface area contributed by atoms with Gasteiger partial charge in [-0.25, -0.2) is 0 Å². The number of fused-ring (bicyclic) bond motifs is 3. The first-order valence-corrected chi connectivity index (χ1v) is 8.06. The Labute approximate surface area is 133 Å². The third-order valence-corrected chi connectivity index (χ3v) is 4.26. The summed E-state index contributed by atoms with van der Waals surface area (Å²) in [7, 11) is 0. The van der Waals surface area contributed by atoms with Gasteiger partial charge >= 0.3 is 0 Å². The van der Waals surface area contributed by atoms with Crippen LogP contribution in [0, 0.1) is 0 Å². The van der Waals surface area contributed by atoms with E-state index in [4.69, 9.17) is 0 Å². The maximum atomic E-state index is 3.59. The summed E-state index contributed by atoms with van der Waals surface area (Å²) in [5.74, 6) is 0. The van der Waals surface area contributed by atoms with E-state index >= 15 is 0 Å². The Bertz CT molecular complexity index is 853. The van der Waals surface area contributed by atoms with Crippen LogP contribution in [0.5, 0.6) is 0 Å². The van der Waals surface area contributed by atoms with Crippen LogP contribution in [-0.4, -0.2) is 4.57 Å². The van der Waals surface area contributed by atoms with Crippen LogP contribution in [0.25, 0.3) is 27.5 Å². The minimum Gasteiger partial charge on any atom is -0.313 e. The molecule has 3 rings (SSSR count). The zero-order valence-electron chi connectivity index (χ0n) is 12.3. The molecule has 0 bridgehead atoms. The summed E-state index contributed by atoms with van der Waals surface area (Å²) in [6.45, 7) is 4.25. The van der Waals surface area contributed by atoms with Gasteiger partial charge in [0.05, 0.1) is 11.0 Å². The van der Waals surface area contributed by atoms with Gasteiger partial charge in [0, 0.05) is 20.9 Å². The van der Waals surface area contributed by atoms with Crippen molar-refractivity contribution in [3.63, 3.8) is 0 Å². The Hall–Kier alpha value is -1.80. The number of hydrogen-bond acceptors (Lipinski definition) is 0. The smallest absolute Gasteiger partial charge is 0.0538 e. The lowest BCUT2D eigenvalue weighted by molar-refractivity contribution is 1.08. The van der Waals surface area contributed by atoms with Gasteiger partial charge in [0.15, 0.2) is 0 Å². The van der Waals surface area contributed by atoms with Gasteiger partial charge in [0.25, 0.3) is 0 Å². The van der Waals surface area contributed by atoms with Crippen molar-refractivity contribution in [3.05, 3.63) is 65.2 Å². The van der Waals surface area contributed by atoms with Crippen LogP contribution in [0.4, 0.5) is 0 Å². The van der Waals surface area contributed by atoms with Crippen LogP contribution in [0.2, 0.25) is 0 Å². The van der Waals surface area contributed by atoms with Crippen molar-refractivity contribution >= 4 is 43.4 Å². The number of benzene rings is 2. The van der Waals surface area contributed by atoms with E-state index in [-0.39, 0.29) is 0 Å². The summed E-state index contributed by atoms with van der Waals surface area (Å²) in [5.41, 5.74) is 3.84. The molecule has 0 aliphatic heterocycles. The maximum absolute atomic E-state index is 3.59. The number of allylic oxidation sites excluding steroid dienone is 4. The minimum atomic E-state index is 0.994. The van der Waals surface area contributed by atoms with E-state index in [2.05, 4.69) is 88.1 Å². The van der Waals surface area contributed by atoms with E-state index < -0.39 is 0 Å². The molecule has 0 atom stereocenters. The molecule has 0 aliphatic rings. The molecule has 3 aromatic rings. The second-order valence-electron chi connectivity index (χ2n) is 5.05. The summed E-state index contributed by atoms with van der Waals surface area (Å²) in [6.07, 6.45) is 7.38. The van der Waals surface area contributed by atoms with Crippen molar-refractivity contribution in [1.29, 1.82) is 0 Å². The molecule has 1 nitrogen and oxygen atoms in total. The molecule has 0 fully saturated rings. The van der Waals surface area contributed by atoms with E-state index in [1.165, 1.54) is 27.5 Å². The van der Waals surface area contributed by atoms with E-state index in [9.17, 15) is 0 Å². The molecule has 0 saturated carbocycles. The molecule has 0 saturated heterocycles. The molecule has 2 aromatic carbocycles. The summed E-state index contributed by atoms with van der Waals surface area (Å²) < 4.78 is 3.49.